The third kappa shape index (κ3) is 3.14. The molecule has 0 aliphatic rings. The van der Waals surface area contributed by atoms with E-state index in [1.54, 1.807) is 11.0 Å². The lowest BCUT2D eigenvalue weighted by atomic mass is 10.1. The van der Waals surface area contributed by atoms with Crippen molar-refractivity contribution in [2.24, 2.45) is 0 Å². The van der Waals surface area contributed by atoms with Crippen LogP contribution >= 0.6 is 11.5 Å². The minimum absolute atomic E-state index is 0.165. The minimum Gasteiger partial charge on any atom is -0.354 e. The molecule has 0 radical (unpaired) electrons. The van der Waals surface area contributed by atoms with Crippen LogP contribution in [-0.2, 0) is 0 Å². The van der Waals surface area contributed by atoms with Crippen molar-refractivity contribution in [3.8, 4) is 5.69 Å². The summed E-state index contributed by atoms with van der Waals surface area (Å²) < 4.78 is 6.10. The van der Waals surface area contributed by atoms with Crippen molar-refractivity contribution >= 4 is 16.7 Å². The Bertz CT molecular complexity index is 717. The average Bonchev–Trinajstić information content (AvgIpc) is 3.19. The Labute approximate surface area is 133 Å². The van der Waals surface area contributed by atoms with Gasteiger partial charge in [-0.3, -0.25) is 0 Å². The van der Waals surface area contributed by atoms with Crippen LogP contribution in [0.5, 0.6) is 0 Å². The van der Waals surface area contributed by atoms with E-state index in [1.807, 2.05) is 12.1 Å². The van der Waals surface area contributed by atoms with Gasteiger partial charge in [0, 0.05) is 17.5 Å². The fourth-order valence-corrected chi connectivity index (χ4v) is 2.85. The molecule has 114 valence electrons. The van der Waals surface area contributed by atoms with Crippen molar-refractivity contribution in [3.05, 3.63) is 48.3 Å². The third-order valence-electron chi connectivity index (χ3n) is 3.37. The summed E-state index contributed by atoms with van der Waals surface area (Å²) in [6, 6.07) is 8.39. The number of benzene rings is 1. The zero-order chi connectivity index (χ0) is 15.5. The van der Waals surface area contributed by atoms with Crippen LogP contribution in [0.4, 0.5) is 5.13 Å². The van der Waals surface area contributed by atoms with Gasteiger partial charge in [-0.25, -0.2) is 14.6 Å². The maximum Gasteiger partial charge on any atom is 0.203 e. The van der Waals surface area contributed by atoms with Crippen LogP contribution < -0.4 is 5.32 Å². The first-order valence-electron chi connectivity index (χ1n) is 7.18. The third-order valence-corrected chi connectivity index (χ3v) is 4.03. The molecule has 6 nitrogen and oxygen atoms in total. The minimum atomic E-state index is 0.165. The second kappa shape index (κ2) is 6.23. The van der Waals surface area contributed by atoms with Crippen LogP contribution in [0.3, 0.4) is 0 Å². The summed E-state index contributed by atoms with van der Waals surface area (Å²) in [5.41, 5.74) is 2.18. The van der Waals surface area contributed by atoms with Gasteiger partial charge in [0.15, 0.2) is 0 Å². The first-order valence-corrected chi connectivity index (χ1v) is 7.96. The maximum atomic E-state index is 4.51. The van der Waals surface area contributed by atoms with E-state index in [0.29, 0.717) is 5.92 Å². The van der Waals surface area contributed by atoms with Gasteiger partial charge in [-0.1, -0.05) is 26.0 Å². The summed E-state index contributed by atoms with van der Waals surface area (Å²) in [6.07, 6.45) is 3.21. The first kappa shape index (κ1) is 14.6. The van der Waals surface area contributed by atoms with E-state index >= 15 is 0 Å². The van der Waals surface area contributed by atoms with Gasteiger partial charge < -0.3 is 5.32 Å². The molecule has 2 aromatic heterocycles. The molecular weight excluding hydrogens is 296 g/mol. The summed E-state index contributed by atoms with van der Waals surface area (Å²) in [7, 11) is 0. The molecule has 1 unspecified atom stereocenters. The highest BCUT2D eigenvalue weighted by molar-refractivity contribution is 7.09. The molecule has 3 aromatic rings. The molecule has 0 aliphatic heterocycles. The summed E-state index contributed by atoms with van der Waals surface area (Å²) in [5, 5.41) is 8.38. The highest BCUT2D eigenvalue weighted by Crippen LogP contribution is 2.23. The molecule has 0 bridgehead atoms. The fraction of sp³-hybridized carbons (Fsp3) is 0.333. The molecule has 1 aromatic carbocycles. The Balaban J connectivity index is 1.70. The van der Waals surface area contributed by atoms with Gasteiger partial charge in [0.05, 0.1) is 11.7 Å². The lowest BCUT2D eigenvalue weighted by Crippen LogP contribution is -2.07. The number of nitrogens with zero attached hydrogens (tertiary/aromatic N) is 5. The molecule has 0 fully saturated rings. The van der Waals surface area contributed by atoms with Gasteiger partial charge >= 0.3 is 0 Å². The van der Waals surface area contributed by atoms with Gasteiger partial charge in [-0.2, -0.15) is 9.47 Å². The first-order chi connectivity index (χ1) is 10.6. The second-order valence-electron chi connectivity index (χ2n) is 5.41. The normalized spacial score (nSPS) is 12.5. The molecule has 0 saturated carbocycles. The Hall–Kier alpha value is -2.28. The Morgan fingerprint density at radius 1 is 1.14 bits per heavy atom. The highest BCUT2D eigenvalue weighted by atomic mass is 32.1. The molecule has 0 spiro atoms. The van der Waals surface area contributed by atoms with Gasteiger partial charge in [-0.15, -0.1) is 0 Å². The average molecular weight is 314 g/mol. The smallest absolute Gasteiger partial charge is 0.203 e. The van der Waals surface area contributed by atoms with E-state index in [0.717, 1.165) is 16.6 Å². The highest BCUT2D eigenvalue weighted by Gasteiger charge is 2.11. The monoisotopic (exact) mass is 314 g/mol. The topological polar surface area (TPSA) is 68.5 Å². The Kier molecular flexibility index (Phi) is 4.15. The van der Waals surface area contributed by atoms with Crippen LogP contribution in [-0.4, -0.2) is 24.1 Å². The number of nitrogens with one attached hydrogen (secondary N) is 1. The Morgan fingerprint density at radius 2 is 1.91 bits per heavy atom. The van der Waals surface area contributed by atoms with Crippen LogP contribution in [0.15, 0.2) is 36.9 Å². The van der Waals surface area contributed by atoms with Crippen molar-refractivity contribution < 1.29 is 0 Å². The van der Waals surface area contributed by atoms with E-state index < -0.39 is 0 Å². The molecular formula is C15H18N6S. The number of hydrogen-bond acceptors (Lipinski definition) is 6. The summed E-state index contributed by atoms with van der Waals surface area (Å²) in [5.74, 6) is 1.24. The maximum absolute atomic E-state index is 4.51. The van der Waals surface area contributed by atoms with Crippen molar-refractivity contribution in [1.29, 1.82) is 0 Å². The number of aromatic nitrogens is 5. The summed E-state index contributed by atoms with van der Waals surface area (Å²) in [6.45, 7) is 6.30. The van der Waals surface area contributed by atoms with E-state index in [1.165, 1.54) is 23.4 Å². The van der Waals surface area contributed by atoms with E-state index in [-0.39, 0.29) is 6.04 Å². The van der Waals surface area contributed by atoms with Gasteiger partial charge in [0.25, 0.3) is 0 Å². The quantitative estimate of drug-likeness (QED) is 0.781. The molecule has 0 amide bonds. The lowest BCUT2D eigenvalue weighted by molar-refractivity contribution is 0.795. The van der Waals surface area contributed by atoms with Crippen molar-refractivity contribution in [2.75, 3.05) is 5.32 Å². The number of rotatable bonds is 5. The zero-order valence-corrected chi connectivity index (χ0v) is 13.6. The van der Waals surface area contributed by atoms with Crippen LogP contribution in [0.2, 0.25) is 0 Å². The van der Waals surface area contributed by atoms with E-state index in [4.69, 9.17) is 0 Å². The lowest BCUT2D eigenvalue weighted by Gasteiger charge is -2.13. The summed E-state index contributed by atoms with van der Waals surface area (Å²) in [4.78, 5) is 8.46. The van der Waals surface area contributed by atoms with Crippen molar-refractivity contribution in [3.63, 3.8) is 0 Å². The van der Waals surface area contributed by atoms with E-state index in [2.05, 4.69) is 57.7 Å². The molecule has 1 atom stereocenters. The van der Waals surface area contributed by atoms with E-state index in [9.17, 15) is 0 Å². The van der Waals surface area contributed by atoms with Crippen LogP contribution in [0.1, 0.15) is 44.1 Å². The molecule has 0 saturated heterocycles. The number of hydrogen-bond donors (Lipinski definition) is 1. The van der Waals surface area contributed by atoms with Gasteiger partial charge in [0.2, 0.25) is 5.13 Å². The predicted octanol–water partition coefficient (Wildman–Crippen LogP) is 3.42. The predicted molar refractivity (Wildman–Crippen MR) is 87.4 cm³/mol. The molecule has 0 aliphatic carbocycles. The summed E-state index contributed by atoms with van der Waals surface area (Å²) >= 11 is 1.41. The molecule has 7 heteroatoms. The SMILES string of the molecule is CC(C)c1nsc(NC(C)c2ccc(-n3cncn3)cc2)n1. The standard InChI is InChI=1S/C15H18N6S/c1-10(2)14-19-15(22-20-14)18-11(3)12-4-6-13(7-5-12)21-9-16-8-17-21/h4-11H,1-3H3,(H,18,19,20). The number of anilines is 1. The fourth-order valence-electron chi connectivity index (χ4n) is 2.05. The second-order valence-corrected chi connectivity index (χ2v) is 6.16. The van der Waals surface area contributed by atoms with Crippen molar-refractivity contribution in [2.45, 2.75) is 32.7 Å². The van der Waals surface area contributed by atoms with Crippen LogP contribution in [0.25, 0.3) is 5.69 Å². The zero-order valence-electron chi connectivity index (χ0n) is 12.8. The molecule has 22 heavy (non-hydrogen) atoms. The molecule has 1 N–H and O–H groups in total. The van der Waals surface area contributed by atoms with Gasteiger partial charge in [-0.05, 0) is 24.6 Å². The van der Waals surface area contributed by atoms with Crippen LogP contribution in [0, 0.1) is 0 Å². The molecule has 3 rings (SSSR count). The van der Waals surface area contributed by atoms with Crippen molar-refractivity contribution in [1.82, 2.24) is 24.1 Å². The molecule has 2 heterocycles. The Morgan fingerprint density at radius 3 is 2.50 bits per heavy atom. The van der Waals surface area contributed by atoms with Gasteiger partial charge in [0.1, 0.15) is 18.5 Å². The largest absolute Gasteiger partial charge is 0.354 e.